The van der Waals surface area contributed by atoms with Gasteiger partial charge in [-0.25, -0.2) is 4.79 Å². The van der Waals surface area contributed by atoms with Gasteiger partial charge in [-0.1, -0.05) is 33.6 Å². The summed E-state index contributed by atoms with van der Waals surface area (Å²) in [6.07, 6.45) is 1.20. The molecule has 1 aliphatic heterocycles. The van der Waals surface area contributed by atoms with E-state index in [1.807, 2.05) is 18.2 Å². The van der Waals surface area contributed by atoms with E-state index >= 15 is 0 Å². The number of fused-ring (bicyclic) bond motifs is 1. The third-order valence-corrected chi connectivity index (χ3v) is 6.28. The highest BCUT2D eigenvalue weighted by Gasteiger charge is 2.27. The van der Waals surface area contributed by atoms with E-state index in [4.69, 9.17) is 30.6 Å². The summed E-state index contributed by atoms with van der Waals surface area (Å²) in [7, 11) is 0. The van der Waals surface area contributed by atoms with E-state index in [0.717, 1.165) is 10.9 Å². The molecule has 0 saturated carbocycles. The smallest absolute Gasteiger partial charge is 0.332 e. The standard InChI is InChI=1S/C24H23BrClNO6/c25-14-5-6-17(21-13-19(28)16-3-1-4-18(26)23(16)33-21)20(11-14)31-9-2-8-27-15-7-10-32-22(12-15)24(29)30/h1,3-6,11,13,15,22,27H,2,7-10,12H2,(H,29,30). The fourth-order valence-electron chi connectivity index (χ4n) is 3.81. The van der Waals surface area contributed by atoms with Gasteiger partial charge in [0, 0.05) is 23.2 Å². The molecule has 2 atom stereocenters. The van der Waals surface area contributed by atoms with Gasteiger partial charge in [-0.15, -0.1) is 0 Å². The normalized spacial score (nSPS) is 18.4. The molecular formula is C24H23BrClNO6. The number of hydrogen-bond acceptors (Lipinski definition) is 6. The van der Waals surface area contributed by atoms with Gasteiger partial charge >= 0.3 is 5.97 Å². The predicted molar refractivity (Wildman–Crippen MR) is 129 cm³/mol. The first-order chi connectivity index (χ1) is 15.9. The first kappa shape index (κ1) is 23.8. The van der Waals surface area contributed by atoms with Crippen LogP contribution in [0.15, 0.2) is 56.1 Å². The summed E-state index contributed by atoms with van der Waals surface area (Å²) >= 11 is 9.70. The molecule has 4 rings (SSSR count). The van der Waals surface area contributed by atoms with Crippen molar-refractivity contribution in [1.29, 1.82) is 0 Å². The number of carboxylic acids is 1. The Hall–Kier alpha value is -2.39. The highest BCUT2D eigenvalue weighted by atomic mass is 79.9. The van der Waals surface area contributed by atoms with Crippen molar-refractivity contribution >= 4 is 44.5 Å². The van der Waals surface area contributed by atoms with Crippen molar-refractivity contribution in [3.63, 3.8) is 0 Å². The molecule has 1 aromatic heterocycles. The van der Waals surface area contributed by atoms with Crippen molar-refractivity contribution in [2.24, 2.45) is 0 Å². The zero-order chi connectivity index (χ0) is 23.4. The fraction of sp³-hybridized carbons (Fsp3) is 0.333. The number of para-hydroxylation sites is 1. The van der Waals surface area contributed by atoms with E-state index in [1.165, 1.54) is 6.07 Å². The second kappa shape index (κ2) is 10.7. The van der Waals surface area contributed by atoms with Crippen LogP contribution >= 0.6 is 27.5 Å². The number of aliphatic carboxylic acids is 1. The molecule has 7 nitrogen and oxygen atoms in total. The Morgan fingerprint density at radius 3 is 2.94 bits per heavy atom. The van der Waals surface area contributed by atoms with Gasteiger partial charge in [0.1, 0.15) is 11.5 Å². The Morgan fingerprint density at radius 2 is 2.12 bits per heavy atom. The van der Waals surface area contributed by atoms with Gasteiger partial charge in [-0.2, -0.15) is 0 Å². The van der Waals surface area contributed by atoms with E-state index < -0.39 is 12.1 Å². The molecule has 33 heavy (non-hydrogen) atoms. The van der Waals surface area contributed by atoms with Crippen LogP contribution in [0.4, 0.5) is 0 Å². The van der Waals surface area contributed by atoms with Gasteiger partial charge in [0.15, 0.2) is 17.1 Å². The minimum absolute atomic E-state index is 0.109. The highest BCUT2D eigenvalue weighted by molar-refractivity contribution is 9.10. The molecule has 0 bridgehead atoms. The van der Waals surface area contributed by atoms with Crippen LogP contribution < -0.4 is 15.5 Å². The first-order valence-electron chi connectivity index (χ1n) is 10.7. The average Bonchev–Trinajstić information content (AvgIpc) is 2.80. The van der Waals surface area contributed by atoms with Gasteiger partial charge in [-0.05, 0) is 56.1 Å². The maximum atomic E-state index is 12.6. The minimum atomic E-state index is -0.923. The molecule has 0 amide bonds. The molecule has 2 unspecified atom stereocenters. The average molecular weight is 537 g/mol. The van der Waals surface area contributed by atoms with Gasteiger partial charge in [0.05, 0.1) is 22.6 Å². The van der Waals surface area contributed by atoms with E-state index in [-0.39, 0.29) is 11.5 Å². The number of benzene rings is 2. The van der Waals surface area contributed by atoms with Crippen molar-refractivity contribution in [1.82, 2.24) is 5.32 Å². The maximum absolute atomic E-state index is 12.6. The fourth-order valence-corrected chi connectivity index (χ4v) is 4.36. The molecule has 0 radical (unpaired) electrons. The van der Waals surface area contributed by atoms with Crippen molar-refractivity contribution in [2.75, 3.05) is 19.8 Å². The molecule has 0 spiro atoms. The summed E-state index contributed by atoms with van der Waals surface area (Å²) in [5, 5.41) is 13.3. The Labute approximate surface area is 203 Å². The van der Waals surface area contributed by atoms with E-state index in [9.17, 15) is 9.59 Å². The summed E-state index contributed by atoms with van der Waals surface area (Å²) in [6.45, 7) is 1.55. The molecular weight excluding hydrogens is 514 g/mol. The number of halogens is 2. The monoisotopic (exact) mass is 535 g/mol. The molecule has 2 aromatic carbocycles. The number of hydrogen-bond donors (Lipinski definition) is 2. The van der Waals surface area contributed by atoms with Crippen LogP contribution in [0.1, 0.15) is 19.3 Å². The van der Waals surface area contributed by atoms with Crippen LogP contribution in [0, 0.1) is 0 Å². The van der Waals surface area contributed by atoms with Crippen molar-refractivity contribution in [3.05, 3.63) is 62.2 Å². The molecule has 2 heterocycles. The quantitative estimate of drug-likeness (QED) is 0.397. The minimum Gasteiger partial charge on any atom is -0.493 e. The van der Waals surface area contributed by atoms with Crippen LogP contribution in [0.2, 0.25) is 5.02 Å². The van der Waals surface area contributed by atoms with Crippen molar-refractivity contribution < 1.29 is 23.8 Å². The van der Waals surface area contributed by atoms with E-state index in [1.54, 1.807) is 18.2 Å². The predicted octanol–water partition coefficient (Wildman–Crippen LogP) is 4.87. The molecule has 1 aliphatic rings. The third kappa shape index (κ3) is 5.76. The van der Waals surface area contributed by atoms with Crippen molar-refractivity contribution in [3.8, 4) is 17.1 Å². The Kier molecular flexibility index (Phi) is 7.70. The molecule has 1 saturated heterocycles. The third-order valence-electron chi connectivity index (χ3n) is 5.49. The lowest BCUT2D eigenvalue weighted by Gasteiger charge is -2.27. The number of ether oxygens (including phenoxy) is 2. The first-order valence-corrected chi connectivity index (χ1v) is 11.8. The molecule has 2 N–H and O–H groups in total. The molecule has 0 aliphatic carbocycles. The lowest BCUT2D eigenvalue weighted by atomic mass is 10.0. The van der Waals surface area contributed by atoms with Crippen LogP contribution in [0.25, 0.3) is 22.3 Å². The molecule has 1 fully saturated rings. The highest BCUT2D eigenvalue weighted by Crippen LogP contribution is 2.34. The molecule has 174 valence electrons. The second-order valence-corrected chi connectivity index (χ2v) is 9.13. The largest absolute Gasteiger partial charge is 0.493 e. The zero-order valence-corrected chi connectivity index (χ0v) is 20.0. The number of nitrogens with one attached hydrogen (secondary N) is 1. The molecule has 3 aromatic rings. The van der Waals surface area contributed by atoms with Gasteiger partial charge in [0.25, 0.3) is 0 Å². The van der Waals surface area contributed by atoms with Gasteiger partial charge in [-0.3, -0.25) is 4.79 Å². The maximum Gasteiger partial charge on any atom is 0.332 e. The SMILES string of the molecule is O=C(O)C1CC(NCCCOc2cc(Br)ccc2-c2cc(=O)c3cccc(Cl)c3o2)CCO1. The topological polar surface area (TPSA) is 98.0 Å². The lowest BCUT2D eigenvalue weighted by molar-refractivity contribution is -0.154. The van der Waals surface area contributed by atoms with Crippen LogP contribution in [-0.4, -0.2) is 43.0 Å². The number of rotatable bonds is 8. The number of carbonyl (C=O) groups is 1. The van der Waals surface area contributed by atoms with Gasteiger partial charge in [0.2, 0.25) is 0 Å². The lowest BCUT2D eigenvalue weighted by Crippen LogP contribution is -2.42. The van der Waals surface area contributed by atoms with E-state index in [2.05, 4.69) is 21.2 Å². The Bertz CT molecular complexity index is 1210. The Balaban J connectivity index is 1.42. The summed E-state index contributed by atoms with van der Waals surface area (Å²) in [4.78, 5) is 23.7. The van der Waals surface area contributed by atoms with E-state index in [0.29, 0.717) is 65.7 Å². The summed E-state index contributed by atoms with van der Waals surface area (Å²) in [5.41, 5.74) is 0.817. The van der Waals surface area contributed by atoms with Crippen molar-refractivity contribution in [2.45, 2.75) is 31.4 Å². The zero-order valence-electron chi connectivity index (χ0n) is 17.7. The summed E-state index contributed by atoms with van der Waals surface area (Å²) in [5.74, 6) is 0.0349. The van der Waals surface area contributed by atoms with Gasteiger partial charge < -0.3 is 24.3 Å². The molecule has 9 heteroatoms. The number of carboxylic acid groups (broad SMARTS) is 1. The second-order valence-electron chi connectivity index (χ2n) is 7.81. The van der Waals surface area contributed by atoms with Crippen LogP contribution in [0.5, 0.6) is 5.75 Å². The summed E-state index contributed by atoms with van der Waals surface area (Å²) in [6, 6.07) is 12.1. The van der Waals surface area contributed by atoms with Crippen LogP contribution in [0.3, 0.4) is 0 Å². The summed E-state index contributed by atoms with van der Waals surface area (Å²) < 4.78 is 18.1. The Morgan fingerprint density at radius 1 is 1.27 bits per heavy atom. The van der Waals surface area contributed by atoms with Crippen LogP contribution in [-0.2, 0) is 9.53 Å².